The maximum atomic E-state index is 11.1. The Morgan fingerprint density at radius 2 is 1.93 bits per heavy atom. The summed E-state index contributed by atoms with van der Waals surface area (Å²) < 4.78 is 28.5. The molecular weight excluding hydrogens is 224 g/mol. The quantitative estimate of drug-likeness (QED) is 0.435. The molecule has 0 aromatic carbocycles. The van der Waals surface area contributed by atoms with Crippen molar-refractivity contribution in [1.82, 2.24) is 10.0 Å². The van der Waals surface area contributed by atoms with Gasteiger partial charge in [0, 0.05) is 13.1 Å². The van der Waals surface area contributed by atoms with E-state index in [1.54, 1.807) is 6.92 Å². The molecule has 2 N–H and O–H groups in total. The topological polar surface area (TPSA) is 102 Å². The van der Waals surface area contributed by atoms with Gasteiger partial charge in [-0.1, -0.05) is 6.92 Å². The molecule has 88 valence electrons. The Hall–Kier alpha value is -1.15. The summed E-state index contributed by atoms with van der Waals surface area (Å²) in [5.74, 6) is -2.27. The normalized spacial score (nSPS) is 10.8. The molecule has 0 aliphatic carbocycles. The number of carbonyl (C=O) groups excluding carboxylic acids is 2. The molecule has 0 aliphatic rings. The second-order valence-electron chi connectivity index (χ2n) is 2.56. The first-order chi connectivity index (χ1) is 6.93. The first-order valence-electron chi connectivity index (χ1n) is 4.26. The van der Waals surface area contributed by atoms with Crippen LogP contribution in [0.3, 0.4) is 0 Å². The molecule has 0 spiro atoms. The fraction of sp³-hybridized carbons (Fsp3) is 0.714. The van der Waals surface area contributed by atoms with E-state index in [9.17, 15) is 18.0 Å². The minimum atomic E-state index is -3.38. The number of hydrogen-bond donors (Lipinski definition) is 2. The predicted octanol–water partition coefficient (Wildman–Crippen LogP) is -1.79. The molecule has 0 rings (SSSR count). The van der Waals surface area contributed by atoms with Gasteiger partial charge in [0.15, 0.2) is 0 Å². The SMILES string of the molecule is CCNS(=O)(=O)CCNC(=O)C(=O)OC. The lowest BCUT2D eigenvalue weighted by Gasteiger charge is -2.05. The van der Waals surface area contributed by atoms with Gasteiger partial charge < -0.3 is 10.1 Å². The highest BCUT2D eigenvalue weighted by Gasteiger charge is 2.14. The molecule has 0 aromatic rings. The number of rotatable bonds is 5. The molecule has 0 radical (unpaired) electrons. The Kier molecular flexibility index (Phi) is 5.87. The van der Waals surface area contributed by atoms with E-state index in [-0.39, 0.29) is 18.8 Å². The second kappa shape index (κ2) is 6.36. The molecule has 7 nitrogen and oxygen atoms in total. The molecule has 8 heteroatoms. The molecule has 0 bridgehead atoms. The molecule has 0 unspecified atom stereocenters. The van der Waals surface area contributed by atoms with Crippen LogP contribution >= 0.6 is 0 Å². The molecule has 0 heterocycles. The Labute approximate surface area is 88.2 Å². The molecule has 0 aliphatic heterocycles. The second-order valence-corrected chi connectivity index (χ2v) is 4.49. The zero-order valence-electron chi connectivity index (χ0n) is 8.57. The number of carbonyl (C=O) groups is 2. The van der Waals surface area contributed by atoms with Crippen molar-refractivity contribution >= 4 is 21.9 Å². The fourth-order valence-electron chi connectivity index (χ4n) is 0.756. The smallest absolute Gasteiger partial charge is 0.396 e. The molecule has 0 saturated heterocycles. The highest BCUT2D eigenvalue weighted by molar-refractivity contribution is 7.89. The van der Waals surface area contributed by atoms with Gasteiger partial charge in [-0.05, 0) is 0 Å². The average molecular weight is 238 g/mol. The average Bonchev–Trinajstić information content (AvgIpc) is 2.15. The van der Waals surface area contributed by atoms with E-state index >= 15 is 0 Å². The van der Waals surface area contributed by atoms with Crippen LogP contribution in [0.2, 0.25) is 0 Å². The lowest BCUT2D eigenvalue weighted by Crippen LogP contribution is -2.37. The summed E-state index contributed by atoms with van der Waals surface area (Å²) in [4.78, 5) is 21.4. The summed E-state index contributed by atoms with van der Waals surface area (Å²) in [7, 11) is -2.31. The Bertz CT molecular complexity index is 324. The van der Waals surface area contributed by atoms with Gasteiger partial charge in [-0.2, -0.15) is 0 Å². The number of sulfonamides is 1. The van der Waals surface area contributed by atoms with E-state index < -0.39 is 21.9 Å². The van der Waals surface area contributed by atoms with Crippen molar-refractivity contribution in [2.45, 2.75) is 6.92 Å². The van der Waals surface area contributed by atoms with Crippen LogP contribution in [-0.2, 0) is 24.3 Å². The largest absolute Gasteiger partial charge is 0.462 e. The molecule has 1 amide bonds. The summed E-state index contributed by atoms with van der Waals surface area (Å²) in [6.07, 6.45) is 0. The van der Waals surface area contributed by atoms with Crippen molar-refractivity contribution in [3.63, 3.8) is 0 Å². The first-order valence-corrected chi connectivity index (χ1v) is 5.91. The van der Waals surface area contributed by atoms with Crippen LogP contribution in [-0.4, -0.2) is 46.2 Å². The van der Waals surface area contributed by atoms with E-state index in [1.807, 2.05) is 0 Å². The van der Waals surface area contributed by atoms with Gasteiger partial charge in [0.2, 0.25) is 10.0 Å². The number of methoxy groups -OCH3 is 1. The molecule has 0 aromatic heterocycles. The summed E-state index contributed by atoms with van der Waals surface area (Å²) in [5, 5.41) is 2.12. The van der Waals surface area contributed by atoms with E-state index in [0.717, 1.165) is 7.11 Å². The summed E-state index contributed by atoms with van der Waals surface area (Å²) in [6.45, 7) is 1.79. The molecular formula is C7H14N2O5S. The van der Waals surface area contributed by atoms with Crippen molar-refractivity contribution in [1.29, 1.82) is 0 Å². The Morgan fingerprint density at radius 1 is 1.33 bits per heavy atom. The van der Waals surface area contributed by atoms with Crippen molar-refractivity contribution in [3.8, 4) is 0 Å². The van der Waals surface area contributed by atoms with E-state index in [1.165, 1.54) is 0 Å². The van der Waals surface area contributed by atoms with Crippen LogP contribution in [0.25, 0.3) is 0 Å². The Balaban J connectivity index is 3.90. The highest BCUT2D eigenvalue weighted by Crippen LogP contribution is 1.82. The minimum Gasteiger partial charge on any atom is -0.462 e. The maximum Gasteiger partial charge on any atom is 0.396 e. The van der Waals surface area contributed by atoms with Crippen LogP contribution in [0.1, 0.15) is 6.92 Å². The third-order valence-corrected chi connectivity index (χ3v) is 2.86. The fourth-order valence-corrected chi connectivity index (χ4v) is 1.71. The van der Waals surface area contributed by atoms with Crippen LogP contribution < -0.4 is 10.0 Å². The standard InChI is InChI=1S/C7H14N2O5S/c1-3-9-15(12,13)5-4-8-6(10)7(11)14-2/h9H,3-5H2,1-2H3,(H,8,10). The molecule has 0 atom stereocenters. The number of amides is 1. The van der Waals surface area contributed by atoms with Crippen LogP contribution in [0, 0.1) is 0 Å². The van der Waals surface area contributed by atoms with Crippen LogP contribution in [0.4, 0.5) is 0 Å². The van der Waals surface area contributed by atoms with Crippen LogP contribution in [0.15, 0.2) is 0 Å². The zero-order chi connectivity index (χ0) is 11.9. The monoisotopic (exact) mass is 238 g/mol. The summed E-state index contributed by atoms with van der Waals surface area (Å²) in [5.41, 5.74) is 0. The van der Waals surface area contributed by atoms with Gasteiger partial charge >= 0.3 is 11.9 Å². The van der Waals surface area contributed by atoms with Crippen molar-refractivity contribution in [2.75, 3.05) is 26.0 Å². The number of ether oxygens (including phenoxy) is 1. The van der Waals surface area contributed by atoms with Crippen LogP contribution in [0.5, 0.6) is 0 Å². The van der Waals surface area contributed by atoms with Gasteiger partial charge in [-0.3, -0.25) is 4.79 Å². The van der Waals surface area contributed by atoms with Gasteiger partial charge in [-0.15, -0.1) is 0 Å². The molecule has 15 heavy (non-hydrogen) atoms. The minimum absolute atomic E-state index is 0.136. The van der Waals surface area contributed by atoms with Gasteiger partial charge in [0.05, 0.1) is 12.9 Å². The number of nitrogens with one attached hydrogen (secondary N) is 2. The van der Waals surface area contributed by atoms with E-state index in [0.29, 0.717) is 0 Å². The van der Waals surface area contributed by atoms with Crippen molar-refractivity contribution < 1.29 is 22.7 Å². The first kappa shape index (κ1) is 13.8. The predicted molar refractivity (Wildman–Crippen MR) is 52.5 cm³/mol. The van der Waals surface area contributed by atoms with Crippen molar-refractivity contribution in [2.24, 2.45) is 0 Å². The van der Waals surface area contributed by atoms with E-state index in [2.05, 4.69) is 14.8 Å². The lowest BCUT2D eigenvalue weighted by molar-refractivity contribution is -0.152. The van der Waals surface area contributed by atoms with Gasteiger partial charge in [-0.25, -0.2) is 17.9 Å². The third kappa shape index (κ3) is 6.02. The van der Waals surface area contributed by atoms with E-state index in [4.69, 9.17) is 0 Å². The highest BCUT2D eigenvalue weighted by atomic mass is 32.2. The van der Waals surface area contributed by atoms with Gasteiger partial charge in [0.25, 0.3) is 0 Å². The van der Waals surface area contributed by atoms with Crippen molar-refractivity contribution in [3.05, 3.63) is 0 Å². The zero-order valence-corrected chi connectivity index (χ0v) is 9.39. The summed E-state index contributed by atoms with van der Waals surface area (Å²) in [6, 6.07) is 0. The Morgan fingerprint density at radius 3 is 2.40 bits per heavy atom. The lowest BCUT2D eigenvalue weighted by atomic mass is 10.6. The number of esters is 1. The number of hydrogen-bond acceptors (Lipinski definition) is 5. The summed E-state index contributed by atoms with van der Waals surface area (Å²) >= 11 is 0. The van der Waals surface area contributed by atoms with Gasteiger partial charge in [0.1, 0.15) is 0 Å². The molecule has 0 saturated carbocycles. The molecule has 0 fully saturated rings. The third-order valence-electron chi connectivity index (χ3n) is 1.39. The maximum absolute atomic E-state index is 11.1.